The molecular weight excluding hydrogens is 236 g/mol. The van der Waals surface area contributed by atoms with Crippen molar-refractivity contribution in [2.75, 3.05) is 6.54 Å². The monoisotopic (exact) mass is 262 g/mol. The zero-order valence-corrected chi connectivity index (χ0v) is 12.4. The van der Waals surface area contributed by atoms with Gasteiger partial charge in [0.15, 0.2) is 0 Å². The Morgan fingerprint density at radius 1 is 1.26 bits per heavy atom. The van der Waals surface area contributed by atoms with Gasteiger partial charge in [0.05, 0.1) is 6.04 Å². The number of rotatable bonds is 5. The molecule has 19 heavy (non-hydrogen) atoms. The van der Waals surface area contributed by atoms with Crippen molar-refractivity contribution in [1.82, 2.24) is 5.32 Å². The van der Waals surface area contributed by atoms with E-state index in [1.165, 1.54) is 0 Å². The topological polar surface area (TPSA) is 55.1 Å². The van der Waals surface area contributed by atoms with Crippen LogP contribution < -0.4 is 11.1 Å². The SMILES string of the molecule is CC(CN)C(=O)NC(CC(C)(C)C)c1ccccc1. The third-order valence-corrected chi connectivity index (χ3v) is 3.14. The van der Waals surface area contributed by atoms with Crippen molar-refractivity contribution in [3.63, 3.8) is 0 Å². The lowest BCUT2D eigenvalue weighted by atomic mass is 9.85. The average Bonchev–Trinajstić information content (AvgIpc) is 2.36. The molecule has 0 fully saturated rings. The van der Waals surface area contributed by atoms with Crippen molar-refractivity contribution in [2.45, 2.75) is 40.2 Å². The maximum Gasteiger partial charge on any atom is 0.224 e. The molecule has 2 atom stereocenters. The molecule has 3 heteroatoms. The lowest BCUT2D eigenvalue weighted by Crippen LogP contribution is -2.37. The van der Waals surface area contributed by atoms with E-state index in [4.69, 9.17) is 5.73 Å². The van der Waals surface area contributed by atoms with E-state index < -0.39 is 0 Å². The van der Waals surface area contributed by atoms with E-state index in [0.29, 0.717) is 6.54 Å². The number of hydrogen-bond donors (Lipinski definition) is 2. The summed E-state index contributed by atoms with van der Waals surface area (Å²) < 4.78 is 0. The molecule has 0 aliphatic carbocycles. The van der Waals surface area contributed by atoms with Gasteiger partial charge in [-0.3, -0.25) is 4.79 Å². The summed E-state index contributed by atoms with van der Waals surface area (Å²) in [6, 6.07) is 10.2. The second kappa shape index (κ2) is 6.71. The van der Waals surface area contributed by atoms with Crippen LogP contribution in [0, 0.1) is 11.3 Å². The quantitative estimate of drug-likeness (QED) is 0.857. The molecule has 0 saturated carbocycles. The highest BCUT2D eigenvalue weighted by Gasteiger charge is 2.23. The van der Waals surface area contributed by atoms with E-state index in [-0.39, 0.29) is 23.3 Å². The zero-order valence-electron chi connectivity index (χ0n) is 12.4. The van der Waals surface area contributed by atoms with Gasteiger partial charge < -0.3 is 11.1 Å². The van der Waals surface area contributed by atoms with Crippen molar-refractivity contribution in [3.05, 3.63) is 35.9 Å². The molecular formula is C16H26N2O. The number of nitrogens with one attached hydrogen (secondary N) is 1. The van der Waals surface area contributed by atoms with Crippen LogP contribution in [0.2, 0.25) is 0 Å². The Bertz CT molecular complexity index is 395. The minimum atomic E-state index is -0.147. The molecule has 0 saturated heterocycles. The third-order valence-electron chi connectivity index (χ3n) is 3.14. The molecule has 0 spiro atoms. The number of carbonyl (C=O) groups excluding carboxylic acids is 1. The molecule has 0 aromatic heterocycles. The number of amides is 1. The summed E-state index contributed by atoms with van der Waals surface area (Å²) >= 11 is 0. The van der Waals surface area contributed by atoms with Crippen molar-refractivity contribution in [1.29, 1.82) is 0 Å². The van der Waals surface area contributed by atoms with E-state index in [1.807, 2.05) is 25.1 Å². The van der Waals surface area contributed by atoms with Crippen LogP contribution in [0.5, 0.6) is 0 Å². The van der Waals surface area contributed by atoms with Crippen LogP contribution in [-0.2, 0) is 4.79 Å². The first-order valence-electron chi connectivity index (χ1n) is 6.89. The van der Waals surface area contributed by atoms with Gasteiger partial charge in [0.1, 0.15) is 0 Å². The predicted octanol–water partition coefficient (Wildman–Crippen LogP) is 2.87. The Balaban J connectivity index is 2.85. The van der Waals surface area contributed by atoms with Crippen LogP contribution in [0.3, 0.4) is 0 Å². The molecule has 106 valence electrons. The number of nitrogens with two attached hydrogens (primary N) is 1. The highest BCUT2D eigenvalue weighted by molar-refractivity contribution is 5.79. The Morgan fingerprint density at radius 3 is 2.32 bits per heavy atom. The molecule has 0 aliphatic heterocycles. The largest absolute Gasteiger partial charge is 0.349 e. The molecule has 1 amide bonds. The Hall–Kier alpha value is -1.35. The minimum Gasteiger partial charge on any atom is -0.349 e. The van der Waals surface area contributed by atoms with E-state index >= 15 is 0 Å². The molecule has 1 rings (SSSR count). The van der Waals surface area contributed by atoms with Gasteiger partial charge in [-0.2, -0.15) is 0 Å². The van der Waals surface area contributed by atoms with Crippen LogP contribution in [0.1, 0.15) is 45.7 Å². The number of hydrogen-bond acceptors (Lipinski definition) is 2. The Morgan fingerprint density at radius 2 is 1.84 bits per heavy atom. The standard InChI is InChI=1S/C16H26N2O/c1-12(11-17)15(19)18-14(10-16(2,3)4)13-8-6-5-7-9-13/h5-9,12,14H,10-11,17H2,1-4H3,(H,18,19). The van der Waals surface area contributed by atoms with E-state index in [9.17, 15) is 4.79 Å². The van der Waals surface area contributed by atoms with Crippen molar-refractivity contribution in [2.24, 2.45) is 17.1 Å². The van der Waals surface area contributed by atoms with Crippen LogP contribution in [0.25, 0.3) is 0 Å². The summed E-state index contributed by atoms with van der Waals surface area (Å²) in [5, 5.41) is 3.12. The molecule has 1 aromatic rings. The van der Waals surface area contributed by atoms with Gasteiger partial charge >= 0.3 is 0 Å². The lowest BCUT2D eigenvalue weighted by molar-refractivity contribution is -0.125. The second-order valence-electron chi connectivity index (χ2n) is 6.37. The summed E-state index contributed by atoms with van der Waals surface area (Å²) in [7, 11) is 0. The van der Waals surface area contributed by atoms with E-state index in [1.54, 1.807) is 0 Å². The van der Waals surface area contributed by atoms with Crippen molar-refractivity contribution >= 4 is 5.91 Å². The number of carbonyl (C=O) groups is 1. The minimum absolute atomic E-state index is 0.0283. The van der Waals surface area contributed by atoms with Gasteiger partial charge in [0.25, 0.3) is 0 Å². The van der Waals surface area contributed by atoms with E-state index in [2.05, 4.69) is 38.2 Å². The maximum absolute atomic E-state index is 12.1. The van der Waals surface area contributed by atoms with Gasteiger partial charge in [-0.25, -0.2) is 0 Å². The highest BCUT2D eigenvalue weighted by Crippen LogP contribution is 2.29. The van der Waals surface area contributed by atoms with Crippen LogP contribution in [0.15, 0.2) is 30.3 Å². The molecule has 1 aromatic carbocycles. The summed E-state index contributed by atoms with van der Waals surface area (Å²) in [5.74, 6) is -0.119. The van der Waals surface area contributed by atoms with Gasteiger partial charge in [0, 0.05) is 12.5 Å². The van der Waals surface area contributed by atoms with Gasteiger partial charge in [-0.1, -0.05) is 58.0 Å². The lowest BCUT2D eigenvalue weighted by Gasteiger charge is -2.28. The smallest absolute Gasteiger partial charge is 0.224 e. The van der Waals surface area contributed by atoms with Gasteiger partial charge in [-0.05, 0) is 17.4 Å². The Kier molecular flexibility index (Phi) is 5.55. The fraction of sp³-hybridized carbons (Fsp3) is 0.562. The average molecular weight is 262 g/mol. The van der Waals surface area contributed by atoms with Crippen LogP contribution in [0.4, 0.5) is 0 Å². The van der Waals surface area contributed by atoms with Gasteiger partial charge in [-0.15, -0.1) is 0 Å². The molecule has 0 heterocycles. The fourth-order valence-electron chi connectivity index (χ4n) is 1.97. The predicted molar refractivity (Wildman–Crippen MR) is 79.6 cm³/mol. The van der Waals surface area contributed by atoms with Crippen LogP contribution >= 0.6 is 0 Å². The Labute approximate surface area is 116 Å². The molecule has 0 bridgehead atoms. The van der Waals surface area contributed by atoms with Crippen LogP contribution in [-0.4, -0.2) is 12.5 Å². The van der Waals surface area contributed by atoms with E-state index in [0.717, 1.165) is 12.0 Å². The third kappa shape index (κ3) is 5.43. The molecule has 3 nitrogen and oxygen atoms in total. The molecule has 3 N–H and O–H groups in total. The maximum atomic E-state index is 12.1. The number of benzene rings is 1. The summed E-state index contributed by atoms with van der Waals surface area (Å²) in [4.78, 5) is 12.1. The molecule has 2 unspecified atom stereocenters. The summed E-state index contributed by atoms with van der Waals surface area (Å²) in [6.07, 6.45) is 0.903. The first-order chi connectivity index (χ1) is 8.83. The zero-order chi connectivity index (χ0) is 14.5. The highest BCUT2D eigenvalue weighted by atomic mass is 16.1. The molecule has 0 aliphatic rings. The first-order valence-corrected chi connectivity index (χ1v) is 6.89. The summed E-state index contributed by atoms with van der Waals surface area (Å²) in [6.45, 7) is 8.78. The summed E-state index contributed by atoms with van der Waals surface area (Å²) in [5.41, 5.74) is 6.85. The first kappa shape index (κ1) is 15.7. The second-order valence-corrected chi connectivity index (χ2v) is 6.37. The normalized spacial score (nSPS) is 14.8. The van der Waals surface area contributed by atoms with Crippen molar-refractivity contribution in [3.8, 4) is 0 Å². The van der Waals surface area contributed by atoms with Crippen molar-refractivity contribution < 1.29 is 4.79 Å². The molecule has 0 radical (unpaired) electrons. The van der Waals surface area contributed by atoms with Gasteiger partial charge in [0.2, 0.25) is 5.91 Å². The fourth-order valence-corrected chi connectivity index (χ4v) is 1.97.